The quantitative estimate of drug-likeness (QED) is 0.148. The van der Waals surface area contributed by atoms with Crippen LogP contribution in [0.5, 0.6) is 23.0 Å². The van der Waals surface area contributed by atoms with Crippen molar-refractivity contribution in [2.24, 2.45) is 0 Å². The number of aliphatic hydroxyl groups excluding tert-OH is 5. The van der Waals surface area contributed by atoms with Gasteiger partial charge in [-0.1, -0.05) is 24.8 Å². The summed E-state index contributed by atoms with van der Waals surface area (Å²) in [6.07, 6.45) is -4.33. The van der Waals surface area contributed by atoms with Gasteiger partial charge in [-0.25, -0.2) is 4.79 Å². The molecule has 0 spiro atoms. The van der Waals surface area contributed by atoms with Gasteiger partial charge in [-0.2, -0.15) is 0 Å². The van der Waals surface area contributed by atoms with Gasteiger partial charge in [0.15, 0.2) is 29.3 Å². The maximum Gasteiger partial charge on any atom is 0.333 e. The number of hydrogen-bond donors (Lipinski definition) is 5. The number of aliphatic hydroxyl groups is 5. The minimum atomic E-state index is -1.62. The van der Waals surface area contributed by atoms with Gasteiger partial charge in [0.2, 0.25) is 0 Å². The zero-order valence-corrected chi connectivity index (χ0v) is 25.3. The molecule has 2 aromatic rings. The fourth-order valence-corrected chi connectivity index (χ4v) is 5.22. The van der Waals surface area contributed by atoms with E-state index >= 15 is 0 Å². The maximum absolute atomic E-state index is 12.0. The molecule has 13 nitrogen and oxygen atoms in total. The van der Waals surface area contributed by atoms with Crippen LogP contribution < -0.4 is 18.9 Å². The lowest BCUT2D eigenvalue weighted by atomic mass is 9.90. The van der Waals surface area contributed by atoms with Crippen molar-refractivity contribution in [3.63, 3.8) is 0 Å². The summed E-state index contributed by atoms with van der Waals surface area (Å²) in [5.41, 5.74) is 2.30. The van der Waals surface area contributed by atoms with Gasteiger partial charge in [0.05, 0.1) is 40.5 Å². The van der Waals surface area contributed by atoms with Crippen molar-refractivity contribution in [3.8, 4) is 23.0 Å². The first kappa shape index (κ1) is 34.2. The molecule has 0 saturated carbocycles. The Morgan fingerprint density at radius 3 is 2.36 bits per heavy atom. The number of carbonyl (C=O) groups excluding carboxylic acids is 1. The average Bonchev–Trinajstić information content (AvgIpc) is 3.43. The van der Waals surface area contributed by atoms with E-state index in [-0.39, 0.29) is 31.8 Å². The number of rotatable bonds is 14. The van der Waals surface area contributed by atoms with Crippen molar-refractivity contribution in [2.75, 3.05) is 47.8 Å². The van der Waals surface area contributed by atoms with E-state index in [9.17, 15) is 25.2 Å². The zero-order chi connectivity index (χ0) is 32.7. The molecule has 0 amide bonds. The smallest absolute Gasteiger partial charge is 0.333 e. The van der Waals surface area contributed by atoms with Gasteiger partial charge < -0.3 is 58.7 Å². The number of esters is 1. The van der Waals surface area contributed by atoms with Crippen LogP contribution in [0.1, 0.15) is 35.1 Å². The van der Waals surface area contributed by atoms with E-state index in [1.807, 2.05) is 18.2 Å². The van der Waals surface area contributed by atoms with Crippen LogP contribution in [0.25, 0.3) is 6.08 Å². The monoisotopic (exact) mass is 632 g/mol. The van der Waals surface area contributed by atoms with Gasteiger partial charge >= 0.3 is 5.97 Å². The molecular weight excluding hydrogens is 592 g/mol. The summed E-state index contributed by atoms with van der Waals surface area (Å²) in [6.45, 7) is 2.56. The Bertz CT molecular complexity index is 1360. The molecule has 5 N–H and O–H groups in total. The summed E-state index contributed by atoms with van der Waals surface area (Å²) in [5.74, 6) is 0.907. The zero-order valence-electron chi connectivity index (χ0n) is 25.3. The first-order chi connectivity index (χ1) is 21.7. The maximum atomic E-state index is 12.0. The molecule has 4 rings (SSSR count). The molecular formula is C32H40O13. The third-order valence-corrected chi connectivity index (χ3v) is 7.68. The summed E-state index contributed by atoms with van der Waals surface area (Å²) in [7, 11) is 4.61. The molecule has 0 unspecified atom stereocenters. The van der Waals surface area contributed by atoms with E-state index in [0.29, 0.717) is 23.0 Å². The third-order valence-electron chi connectivity index (χ3n) is 7.68. The second kappa shape index (κ2) is 15.5. The Morgan fingerprint density at radius 2 is 1.69 bits per heavy atom. The fraction of sp³-hybridized carbons (Fsp3) is 0.469. The Kier molecular flexibility index (Phi) is 11.8. The van der Waals surface area contributed by atoms with E-state index in [4.69, 9.17) is 38.3 Å². The van der Waals surface area contributed by atoms with E-state index in [1.54, 1.807) is 38.5 Å². The van der Waals surface area contributed by atoms with Crippen LogP contribution in [-0.4, -0.2) is 110 Å². The van der Waals surface area contributed by atoms with Crippen molar-refractivity contribution in [1.82, 2.24) is 0 Å². The fourth-order valence-electron chi connectivity index (χ4n) is 5.22. The summed E-state index contributed by atoms with van der Waals surface area (Å²) in [5, 5.41) is 50.3. The first-order valence-electron chi connectivity index (χ1n) is 14.3. The second-order valence-corrected chi connectivity index (χ2v) is 10.5. The van der Waals surface area contributed by atoms with E-state index < -0.39 is 55.3 Å². The van der Waals surface area contributed by atoms with Gasteiger partial charge in [-0.05, 0) is 35.4 Å². The Hall–Kier alpha value is -3.69. The summed E-state index contributed by atoms with van der Waals surface area (Å²) in [6, 6.07) is 9.07. The Labute approximate surface area is 260 Å². The molecule has 13 heteroatoms. The molecule has 1 saturated heterocycles. The molecule has 0 aliphatic carbocycles. The average molecular weight is 633 g/mol. The van der Waals surface area contributed by atoms with Crippen LogP contribution in [-0.2, 0) is 19.0 Å². The third kappa shape index (κ3) is 7.59. The predicted octanol–water partition coefficient (Wildman–Crippen LogP) is 1.24. The lowest BCUT2D eigenvalue weighted by Crippen LogP contribution is -2.59. The van der Waals surface area contributed by atoms with Gasteiger partial charge in [0.25, 0.3) is 0 Å². The van der Waals surface area contributed by atoms with Crippen molar-refractivity contribution >= 4 is 12.0 Å². The van der Waals surface area contributed by atoms with Crippen LogP contribution in [0.3, 0.4) is 0 Å². The van der Waals surface area contributed by atoms with Crippen molar-refractivity contribution < 1.29 is 63.5 Å². The number of benzene rings is 2. The molecule has 0 bridgehead atoms. The minimum Gasteiger partial charge on any atom is -0.493 e. The van der Waals surface area contributed by atoms with Crippen LogP contribution >= 0.6 is 0 Å². The molecule has 2 aliphatic rings. The number of ether oxygens (including phenoxy) is 7. The number of fused-ring (bicyclic) bond motifs is 1. The van der Waals surface area contributed by atoms with Crippen molar-refractivity contribution in [1.29, 1.82) is 0 Å². The Morgan fingerprint density at radius 1 is 0.956 bits per heavy atom. The SMILES string of the molecule is C=C(CCO)C(=O)OC[C@H]1O[C@@H](OCC=Cc2cc(OC)c3c(c2)[C@@H](CO)[C@H](c2ccc(OC)c(OC)c2)O3)[C@H](O)[C@@H](O)[C@@H]1O. The van der Waals surface area contributed by atoms with Gasteiger partial charge in [0.1, 0.15) is 37.1 Å². The summed E-state index contributed by atoms with van der Waals surface area (Å²) in [4.78, 5) is 12.0. The molecule has 246 valence electrons. The number of carbonyl (C=O) groups is 1. The summed E-state index contributed by atoms with van der Waals surface area (Å²) >= 11 is 0. The minimum absolute atomic E-state index is 0.0224. The van der Waals surface area contributed by atoms with Gasteiger partial charge in [-0.3, -0.25) is 0 Å². The number of methoxy groups -OCH3 is 3. The highest BCUT2D eigenvalue weighted by Crippen LogP contribution is 2.51. The largest absolute Gasteiger partial charge is 0.493 e. The second-order valence-electron chi connectivity index (χ2n) is 10.5. The first-order valence-corrected chi connectivity index (χ1v) is 14.3. The molecule has 45 heavy (non-hydrogen) atoms. The van der Waals surface area contributed by atoms with Crippen molar-refractivity contribution in [3.05, 3.63) is 65.3 Å². The van der Waals surface area contributed by atoms with Gasteiger partial charge in [0, 0.05) is 24.2 Å². The lowest BCUT2D eigenvalue weighted by Gasteiger charge is -2.39. The van der Waals surface area contributed by atoms with Crippen LogP contribution in [0, 0.1) is 0 Å². The highest BCUT2D eigenvalue weighted by Gasteiger charge is 2.45. The molecule has 2 aliphatic heterocycles. The Balaban J connectivity index is 1.43. The highest BCUT2D eigenvalue weighted by molar-refractivity contribution is 5.87. The molecule has 2 aromatic carbocycles. The van der Waals surface area contributed by atoms with Gasteiger partial charge in [-0.15, -0.1) is 0 Å². The molecule has 0 radical (unpaired) electrons. The standard InChI is InChI=1S/C32H40O13/c1-17(9-10-33)31(38)43-16-25-26(35)27(36)28(37)32(44-25)42-11-5-6-18-12-20-21(15-34)29(45-30(20)24(13-18)41-4)19-7-8-22(39-2)23(14-19)40-3/h5-8,12-14,21,25-29,32-37H,1,9-11,15-16H2,2-4H3/t21-,25-,26-,27+,28-,29+,32-/m1/s1. The normalized spacial score (nSPS) is 25.8. The molecule has 2 heterocycles. The predicted molar refractivity (Wildman–Crippen MR) is 159 cm³/mol. The van der Waals surface area contributed by atoms with Crippen molar-refractivity contribution in [2.45, 2.75) is 49.1 Å². The number of hydrogen-bond acceptors (Lipinski definition) is 13. The van der Waals surface area contributed by atoms with Crippen LogP contribution in [0.15, 0.2) is 48.6 Å². The van der Waals surface area contributed by atoms with E-state index in [1.165, 1.54) is 7.11 Å². The summed E-state index contributed by atoms with van der Waals surface area (Å²) < 4.78 is 38.9. The molecule has 7 atom stereocenters. The van der Waals surface area contributed by atoms with E-state index in [0.717, 1.165) is 16.7 Å². The van der Waals surface area contributed by atoms with Crippen LogP contribution in [0.4, 0.5) is 0 Å². The highest BCUT2D eigenvalue weighted by atomic mass is 16.7. The van der Waals surface area contributed by atoms with Crippen LogP contribution in [0.2, 0.25) is 0 Å². The molecule has 1 fully saturated rings. The lowest BCUT2D eigenvalue weighted by molar-refractivity contribution is -0.299. The molecule has 0 aromatic heterocycles. The topological polar surface area (TPSA) is 183 Å². The van der Waals surface area contributed by atoms with E-state index in [2.05, 4.69) is 6.58 Å².